The Kier molecular flexibility index (Phi) is 5.58. The van der Waals surface area contributed by atoms with Gasteiger partial charge in [-0.25, -0.2) is 0 Å². The average molecular weight is 270 g/mol. The van der Waals surface area contributed by atoms with Crippen molar-refractivity contribution in [3.05, 3.63) is 29.0 Å². The van der Waals surface area contributed by atoms with Crippen LogP contribution in [0.25, 0.3) is 0 Å². The van der Waals surface area contributed by atoms with Gasteiger partial charge in [0.2, 0.25) is 5.91 Å². The Bertz CT molecular complexity index is 435. The number of carbonyl (C=O) groups excluding carboxylic acids is 2. The molecule has 0 aromatic carbocycles. The molecule has 0 aliphatic carbocycles. The molecule has 0 radical (unpaired) electrons. The number of nitrogens with one attached hydrogen (secondary N) is 2. The first-order valence-electron chi connectivity index (χ1n) is 5.68. The molecule has 18 heavy (non-hydrogen) atoms. The summed E-state index contributed by atoms with van der Waals surface area (Å²) in [7, 11) is 0. The molecule has 0 spiro atoms. The van der Waals surface area contributed by atoms with Crippen molar-refractivity contribution in [1.29, 1.82) is 0 Å². The summed E-state index contributed by atoms with van der Waals surface area (Å²) < 4.78 is 0. The van der Waals surface area contributed by atoms with E-state index in [4.69, 9.17) is 11.6 Å². The Labute approximate surface area is 111 Å². The van der Waals surface area contributed by atoms with Crippen molar-refractivity contribution in [2.45, 2.75) is 13.8 Å². The highest BCUT2D eigenvalue weighted by Crippen LogP contribution is 2.07. The molecule has 2 amide bonds. The number of aromatic nitrogens is 1. The number of amides is 2. The molecule has 98 valence electrons. The predicted molar refractivity (Wildman–Crippen MR) is 69.4 cm³/mol. The normalized spacial score (nSPS) is 10.2. The lowest BCUT2D eigenvalue weighted by atomic mass is 10.2. The van der Waals surface area contributed by atoms with Crippen LogP contribution in [0.15, 0.2) is 18.3 Å². The number of carbonyl (C=O) groups is 2. The standard InChI is InChI=1S/C12H16ClN3O2/c1-8(2)11(17)15-5-6-16-12(18)10-7-9(13)3-4-14-10/h3-4,7-8H,5-6H2,1-2H3,(H,15,17)(H,16,18). The number of hydrogen-bond donors (Lipinski definition) is 2. The van der Waals surface area contributed by atoms with E-state index in [9.17, 15) is 9.59 Å². The smallest absolute Gasteiger partial charge is 0.269 e. The molecular formula is C12H16ClN3O2. The van der Waals surface area contributed by atoms with Crippen LogP contribution in [0.1, 0.15) is 24.3 Å². The fourth-order valence-corrected chi connectivity index (χ4v) is 1.35. The fourth-order valence-electron chi connectivity index (χ4n) is 1.19. The number of halogens is 1. The Balaban J connectivity index is 2.32. The van der Waals surface area contributed by atoms with Crippen LogP contribution in [-0.2, 0) is 4.79 Å². The van der Waals surface area contributed by atoms with Gasteiger partial charge in [-0.1, -0.05) is 25.4 Å². The zero-order valence-corrected chi connectivity index (χ0v) is 11.1. The van der Waals surface area contributed by atoms with E-state index in [1.165, 1.54) is 12.3 Å². The summed E-state index contributed by atoms with van der Waals surface area (Å²) in [5.41, 5.74) is 0.262. The molecular weight excluding hydrogens is 254 g/mol. The predicted octanol–water partition coefficient (Wildman–Crippen LogP) is 1.24. The summed E-state index contributed by atoms with van der Waals surface area (Å²) in [5.74, 6) is -0.406. The Hall–Kier alpha value is -1.62. The Morgan fingerprint density at radius 1 is 1.33 bits per heavy atom. The third-order valence-electron chi connectivity index (χ3n) is 2.19. The third kappa shape index (κ3) is 4.71. The lowest BCUT2D eigenvalue weighted by Gasteiger charge is -2.08. The average Bonchev–Trinajstić information content (AvgIpc) is 2.33. The lowest BCUT2D eigenvalue weighted by Crippen LogP contribution is -2.36. The fraction of sp³-hybridized carbons (Fsp3) is 0.417. The van der Waals surface area contributed by atoms with Crippen LogP contribution in [-0.4, -0.2) is 29.9 Å². The van der Waals surface area contributed by atoms with Crippen LogP contribution in [0.4, 0.5) is 0 Å². The maximum Gasteiger partial charge on any atom is 0.269 e. The molecule has 0 atom stereocenters. The molecule has 1 rings (SSSR count). The van der Waals surface area contributed by atoms with Crippen LogP contribution in [0.2, 0.25) is 5.02 Å². The summed E-state index contributed by atoms with van der Waals surface area (Å²) in [4.78, 5) is 26.8. The Morgan fingerprint density at radius 3 is 2.61 bits per heavy atom. The first-order chi connectivity index (χ1) is 8.50. The highest BCUT2D eigenvalue weighted by molar-refractivity contribution is 6.30. The van der Waals surface area contributed by atoms with Gasteiger partial charge in [-0.2, -0.15) is 0 Å². The van der Waals surface area contributed by atoms with Crippen LogP contribution in [0, 0.1) is 5.92 Å². The monoisotopic (exact) mass is 269 g/mol. The van der Waals surface area contributed by atoms with Gasteiger partial charge < -0.3 is 10.6 Å². The first kappa shape index (κ1) is 14.4. The number of rotatable bonds is 5. The molecule has 1 heterocycles. The zero-order valence-electron chi connectivity index (χ0n) is 10.4. The maximum absolute atomic E-state index is 11.6. The topological polar surface area (TPSA) is 71.1 Å². The molecule has 2 N–H and O–H groups in total. The molecule has 0 fully saturated rings. The third-order valence-corrected chi connectivity index (χ3v) is 2.42. The molecule has 0 aliphatic rings. The van der Waals surface area contributed by atoms with Crippen molar-refractivity contribution in [1.82, 2.24) is 15.6 Å². The molecule has 0 aliphatic heterocycles. The molecule has 0 bridgehead atoms. The number of pyridine rings is 1. The summed E-state index contributed by atoms with van der Waals surface area (Å²) in [6, 6.07) is 3.09. The van der Waals surface area contributed by atoms with Crippen LogP contribution < -0.4 is 10.6 Å². The minimum Gasteiger partial charge on any atom is -0.354 e. The van der Waals surface area contributed by atoms with E-state index in [1.807, 2.05) is 13.8 Å². The maximum atomic E-state index is 11.6. The zero-order chi connectivity index (χ0) is 13.5. The molecule has 1 aromatic rings. The van der Waals surface area contributed by atoms with Crippen molar-refractivity contribution in [3.8, 4) is 0 Å². The van der Waals surface area contributed by atoms with Gasteiger partial charge in [-0.3, -0.25) is 14.6 Å². The summed E-state index contributed by atoms with van der Waals surface area (Å²) in [6.07, 6.45) is 1.47. The van der Waals surface area contributed by atoms with Gasteiger partial charge in [0.25, 0.3) is 5.91 Å². The second kappa shape index (κ2) is 6.96. The van der Waals surface area contributed by atoms with E-state index >= 15 is 0 Å². The van der Waals surface area contributed by atoms with E-state index in [0.717, 1.165) is 0 Å². The van der Waals surface area contributed by atoms with Gasteiger partial charge in [0.15, 0.2) is 0 Å². The van der Waals surface area contributed by atoms with Crippen molar-refractivity contribution < 1.29 is 9.59 Å². The first-order valence-corrected chi connectivity index (χ1v) is 6.06. The van der Waals surface area contributed by atoms with Crippen LogP contribution in [0.3, 0.4) is 0 Å². The van der Waals surface area contributed by atoms with Crippen LogP contribution in [0.5, 0.6) is 0 Å². The minimum absolute atomic E-state index is 0.0369. The summed E-state index contributed by atoms with van der Waals surface area (Å²) in [5, 5.41) is 5.81. The van der Waals surface area contributed by atoms with E-state index in [1.54, 1.807) is 6.07 Å². The van der Waals surface area contributed by atoms with Crippen molar-refractivity contribution in [3.63, 3.8) is 0 Å². The van der Waals surface area contributed by atoms with Gasteiger partial charge in [-0.15, -0.1) is 0 Å². The number of hydrogen-bond acceptors (Lipinski definition) is 3. The molecule has 0 unspecified atom stereocenters. The van der Waals surface area contributed by atoms with Gasteiger partial charge in [-0.05, 0) is 12.1 Å². The van der Waals surface area contributed by atoms with Gasteiger partial charge in [0.05, 0.1) is 0 Å². The van der Waals surface area contributed by atoms with Crippen molar-refractivity contribution in [2.24, 2.45) is 5.92 Å². The number of nitrogens with zero attached hydrogens (tertiary/aromatic N) is 1. The molecule has 0 saturated carbocycles. The second-order valence-electron chi connectivity index (χ2n) is 4.06. The minimum atomic E-state index is -0.309. The van der Waals surface area contributed by atoms with E-state index in [-0.39, 0.29) is 23.4 Å². The van der Waals surface area contributed by atoms with Gasteiger partial charge >= 0.3 is 0 Å². The molecule has 5 nitrogen and oxygen atoms in total. The summed E-state index contributed by atoms with van der Waals surface area (Å²) >= 11 is 5.75. The molecule has 0 saturated heterocycles. The Morgan fingerprint density at radius 2 is 2.00 bits per heavy atom. The van der Waals surface area contributed by atoms with Gasteiger partial charge in [0.1, 0.15) is 5.69 Å². The van der Waals surface area contributed by atoms with E-state index < -0.39 is 0 Å². The molecule has 1 aromatic heterocycles. The SMILES string of the molecule is CC(C)C(=O)NCCNC(=O)c1cc(Cl)ccn1. The van der Waals surface area contributed by atoms with Gasteiger partial charge in [0, 0.05) is 30.2 Å². The van der Waals surface area contributed by atoms with E-state index in [2.05, 4.69) is 15.6 Å². The van der Waals surface area contributed by atoms with E-state index in [0.29, 0.717) is 18.1 Å². The quantitative estimate of drug-likeness (QED) is 0.790. The lowest BCUT2D eigenvalue weighted by molar-refractivity contribution is -0.123. The van der Waals surface area contributed by atoms with Crippen molar-refractivity contribution >= 4 is 23.4 Å². The summed E-state index contributed by atoms with van der Waals surface area (Å²) in [6.45, 7) is 4.36. The highest BCUT2D eigenvalue weighted by atomic mass is 35.5. The highest BCUT2D eigenvalue weighted by Gasteiger charge is 2.08. The molecule has 6 heteroatoms. The largest absolute Gasteiger partial charge is 0.354 e. The second-order valence-corrected chi connectivity index (χ2v) is 4.50. The van der Waals surface area contributed by atoms with Crippen molar-refractivity contribution in [2.75, 3.05) is 13.1 Å². The van der Waals surface area contributed by atoms with Crippen LogP contribution >= 0.6 is 11.6 Å².